The average molecular weight is 186 g/mol. The number of nitrogens with one attached hydrogen (secondary N) is 1. The number of aromatic amines is 1. The second-order valence-electron chi connectivity index (χ2n) is 3.37. The zero-order valence-corrected chi connectivity index (χ0v) is 8.05. The monoisotopic (exact) mass is 186 g/mol. The second kappa shape index (κ2) is 2.78. The number of aromatic hydroxyl groups is 1. The van der Waals surface area contributed by atoms with Crippen LogP contribution in [0.4, 0.5) is 0 Å². The summed E-state index contributed by atoms with van der Waals surface area (Å²) in [6, 6.07) is 5.56. The van der Waals surface area contributed by atoms with Crippen molar-refractivity contribution in [2.24, 2.45) is 0 Å². The summed E-state index contributed by atoms with van der Waals surface area (Å²) < 4.78 is 0. The Morgan fingerprint density at radius 1 is 1.36 bits per heavy atom. The maximum absolute atomic E-state index is 9.52. The van der Waals surface area contributed by atoms with E-state index in [1.165, 1.54) is 0 Å². The lowest BCUT2D eigenvalue weighted by molar-refractivity contribution is 0.472. The summed E-state index contributed by atoms with van der Waals surface area (Å²) in [5.74, 6) is 0.230. The van der Waals surface area contributed by atoms with Crippen molar-refractivity contribution in [3.63, 3.8) is 0 Å². The van der Waals surface area contributed by atoms with Crippen molar-refractivity contribution < 1.29 is 5.11 Å². The molecule has 1 heterocycles. The number of hydrogen-bond donors (Lipinski definition) is 2. The van der Waals surface area contributed by atoms with Crippen molar-refractivity contribution in [1.82, 2.24) is 4.98 Å². The Morgan fingerprint density at radius 2 is 2.07 bits per heavy atom. The normalized spacial score (nSPS) is 10.4. The van der Waals surface area contributed by atoms with Crippen molar-refractivity contribution in [1.29, 1.82) is 5.26 Å². The predicted octanol–water partition coefficient (Wildman–Crippen LogP) is 2.36. The number of phenols is 1. The smallest absolute Gasteiger partial charge is 0.119 e. The SMILES string of the molecule is Cc1[nH]c2ccc(O)c(C)c2c1C#N. The maximum atomic E-state index is 9.52. The van der Waals surface area contributed by atoms with E-state index < -0.39 is 0 Å². The molecule has 2 aromatic rings. The van der Waals surface area contributed by atoms with E-state index in [1.54, 1.807) is 12.1 Å². The molecular formula is C11H10N2O. The first kappa shape index (κ1) is 8.64. The second-order valence-corrected chi connectivity index (χ2v) is 3.37. The highest BCUT2D eigenvalue weighted by Crippen LogP contribution is 2.30. The number of hydrogen-bond acceptors (Lipinski definition) is 2. The fraction of sp³-hybridized carbons (Fsp3) is 0.182. The summed E-state index contributed by atoms with van der Waals surface area (Å²) in [4.78, 5) is 3.11. The van der Waals surface area contributed by atoms with E-state index in [-0.39, 0.29) is 5.75 Å². The molecule has 0 unspecified atom stereocenters. The minimum Gasteiger partial charge on any atom is -0.508 e. The Labute approximate surface area is 81.6 Å². The van der Waals surface area contributed by atoms with Crippen molar-refractivity contribution >= 4 is 10.9 Å². The Morgan fingerprint density at radius 3 is 2.71 bits per heavy atom. The first-order valence-electron chi connectivity index (χ1n) is 4.36. The number of aryl methyl sites for hydroxylation is 2. The van der Waals surface area contributed by atoms with Gasteiger partial charge in [-0.2, -0.15) is 5.26 Å². The number of fused-ring (bicyclic) bond motifs is 1. The van der Waals surface area contributed by atoms with Crippen LogP contribution in [-0.2, 0) is 0 Å². The third-order valence-corrected chi connectivity index (χ3v) is 2.50. The number of aromatic nitrogens is 1. The van der Waals surface area contributed by atoms with Gasteiger partial charge >= 0.3 is 0 Å². The van der Waals surface area contributed by atoms with Crippen LogP contribution in [-0.4, -0.2) is 10.1 Å². The van der Waals surface area contributed by atoms with Gasteiger partial charge in [-0.15, -0.1) is 0 Å². The van der Waals surface area contributed by atoms with Crippen LogP contribution in [0.2, 0.25) is 0 Å². The molecule has 2 N–H and O–H groups in total. The van der Waals surface area contributed by atoms with Crippen LogP contribution in [0.5, 0.6) is 5.75 Å². The fourth-order valence-corrected chi connectivity index (χ4v) is 1.72. The molecule has 2 rings (SSSR count). The molecule has 0 aliphatic heterocycles. The highest BCUT2D eigenvalue weighted by atomic mass is 16.3. The summed E-state index contributed by atoms with van der Waals surface area (Å²) >= 11 is 0. The number of rotatable bonds is 0. The molecule has 0 saturated carbocycles. The standard InChI is InChI=1S/C11H10N2O/c1-6-10(14)4-3-9-11(6)8(5-12)7(2)13-9/h3-4,13-14H,1-2H3. The maximum Gasteiger partial charge on any atom is 0.119 e. The van der Waals surface area contributed by atoms with Crippen molar-refractivity contribution in [2.75, 3.05) is 0 Å². The van der Waals surface area contributed by atoms with Gasteiger partial charge in [-0.25, -0.2) is 0 Å². The highest BCUT2D eigenvalue weighted by molar-refractivity contribution is 5.91. The minimum absolute atomic E-state index is 0.230. The van der Waals surface area contributed by atoms with E-state index >= 15 is 0 Å². The van der Waals surface area contributed by atoms with Crippen molar-refractivity contribution in [2.45, 2.75) is 13.8 Å². The molecule has 70 valence electrons. The summed E-state index contributed by atoms with van der Waals surface area (Å²) in [5, 5.41) is 19.3. The van der Waals surface area contributed by atoms with Gasteiger partial charge in [0.15, 0.2) is 0 Å². The molecule has 3 nitrogen and oxygen atoms in total. The third kappa shape index (κ3) is 0.975. The van der Waals surface area contributed by atoms with Crippen molar-refractivity contribution in [3.8, 4) is 11.8 Å². The molecule has 0 aliphatic rings. The first-order chi connectivity index (χ1) is 6.65. The predicted molar refractivity (Wildman–Crippen MR) is 54.2 cm³/mol. The van der Waals surface area contributed by atoms with Crippen LogP contribution in [0.1, 0.15) is 16.8 Å². The van der Waals surface area contributed by atoms with Gasteiger partial charge in [0.05, 0.1) is 5.56 Å². The van der Waals surface area contributed by atoms with Crippen LogP contribution in [0.15, 0.2) is 12.1 Å². The zero-order chi connectivity index (χ0) is 10.3. The Balaban J connectivity index is 3.00. The molecule has 1 aromatic carbocycles. The van der Waals surface area contributed by atoms with Gasteiger partial charge in [0.1, 0.15) is 11.8 Å². The molecule has 0 radical (unpaired) electrons. The van der Waals surface area contributed by atoms with E-state index in [0.717, 1.165) is 22.2 Å². The summed E-state index contributed by atoms with van der Waals surface area (Å²) in [6.07, 6.45) is 0. The fourth-order valence-electron chi connectivity index (χ4n) is 1.72. The molecule has 3 heteroatoms. The molecule has 0 atom stereocenters. The van der Waals surface area contributed by atoms with Gasteiger partial charge in [0.2, 0.25) is 0 Å². The quantitative estimate of drug-likeness (QED) is 0.663. The van der Waals surface area contributed by atoms with Crippen molar-refractivity contribution in [3.05, 3.63) is 29.0 Å². The van der Waals surface area contributed by atoms with Gasteiger partial charge in [-0.3, -0.25) is 0 Å². The summed E-state index contributed by atoms with van der Waals surface area (Å²) in [5.41, 5.74) is 3.11. The van der Waals surface area contributed by atoms with E-state index in [4.69, 9.17) is 5.26 Å². The van der Waals surface area contributed by atoms with Crippen LogP contribution in [0.3, 0.4) is 0 Å². The third-order valence-electron chi connectivity index (χ3n) is 2.50. The lowest BCUT2D eigenvalue weighted by atomic mass is 10.1. The van der Waals surface area contributed by atoms with Crippen LogP contribution >= 0.6 is 0 Å². The van der Waals surface area contributed by atoms with Gasteiger partial charge in [-0.1, -0.05) is 0 Å². The first-order valence-corrected chi connectivity index (χ1v) is 4.36. The molecule has 0 spiro atoms. The van der Waals surface area contributed by atoms with Gasteiger partial charge in [0, 0.05) is 22.2 Å². The number of benzene rings is 1. The average Bonchev–Trinajstić information content (AvgIpc) is 2.48. The van der Waals surface area contributed by atoms with Gasteiger partial charge < -0.3 is 10.1 Å². The Bertz CT molecular complexity index is 546. The van der Waals surface area contributed by atoms with E-state index in [9.17, 15) is 5.11 Å². The highest BCUT2D eigenvalue weighted by Gasteiger charge is 2.11. The zero-order valence-electron chi connectivity index (χ0n) is 8.05. The summed E-state index contributed by atoms with van der Waals surface area (Å²) in [7, 11) is 0. The molecule has 0 saturated heterocycles. The van der Waals surface area contributed by atoms with E-state index in [1.807, 2.05) is 13.8 Å². The van der Waals surface area contributed by atoms with Gasteiger partial charge in [-0.05, 0) is 26.0 Å². The number of phenolic OH excluding ortho intramolecular Hbond substituents is 1. The largest absolute Gasteiger partial charge is 0.508 e. The molecule has 0 fully saturated rings. The topological polar surface area (TPSA) is 59.8 Å². The van der Waals surface area contributed by atoms with Crippen LogP contribution < -0.4 is 0 Å². The van der Waals surface area contributed by atoms with E-state index in [0.29, 0.717) is 5.56 Å². The Kier molecular flexibility index (Phi) is 1.71. The number of nitrogens with zero attached hydrogens (tertiary/aromatic N) is 1. The van der Waals surface area contributed by atoms with E-state index in [2.05, 4.69) is 11.1 Å². The number of H-pyrrole nitrogens is 1. The molecule has 14 heavy (non-hydrogen) atoms. The lowest BCUT2D eigenvalue weighted by Gasteiger charge is -1.99. The lowest BCUT2D eigenvalue weighted by Crippen LogP contribution is -1.79. The van der Waals surface area contributed by atoms with Gasteiger partial charge in [0.25, 0.3) is 0 Å². The molecule has 0 aliphatic carbocycles. The summed E-state index contributed by atoms with van der Waals surface area (Å²) in [6.45, 7) is 3.67. The van der Waals surface area contributed by atoms with Crippen LogP contribution in [0.25, 0.3) is 10.9 Å². The molecule has 0 amide bonds. The minimum atomic E-state index is 0.230. The Hall–Kier alpha value is -1.95. The molecule has 1 aromatic heterocycles. The number of nitriles is 1. The molecular weight excluding hydrogens is 176 g/mol. The molecule has 0 bridgehead atoms. The van der Waals surface area contributed by atoms with Crippen LogP contribution in [0, 0.1) is 25.2 Å².